The van der Waals surface area contributed by atoms with Crippen molar-refractivity contribution in [2.45, 2.75) is 44.7 Å². The van der Waals surface area contributed by atoms with Crippen molar-refractivity contribution < 1.29 is 22.5 Å². The van der Waals surface area contributed by atoms with E-state index < -0.39 is 22.1 Å². The molecule has 0 fully saturated rings. The molecular formula is C20H25NO5S. The van der Waals surface area contributed by atoms with E-state index in [1.54, 1.807) is 12.1 Å². The zero-order valence-corrected chi connectivity index (χ0v) is 16.5. The molecular weight excluding hydrogens is 366 g/mol. The standard InChI is InChI=1S/C20H25NO5S/c1-13(2)9-19(21)20(22)26-12-15-5-4-6-16(10-15)18-11-17(27(23,24)25)8-7-14(18)3/h4-8,10-11,13,19H,9,12,21H2,1-3H3,(H,23,24,25)/t19-/m0/s1. The Kier molecular flexibility index (Phi) is 6.75. The highest BCUT2D eigenvalue weighted by molar-refractivity contribution is 7.85. The number of carbonyl (C=O) groups is 1. The van der Waals surface area contributed by atoms with Crippen LogP contribution in [0.25, 0.3) is 11.1 Å². The predicted molar refractivity (Wildman–Crippen MR) is 104 cm³/mol. The minimum Gasteiger partial charge on any atom is -0.460 e. The lowest BCUT2D eigenvalue weighted by Gasteiger charge is -2.14. The van der Waals surface area contributed by atoms with Gasteiger partial charge in [-0.25, -0.2) is 0 Å². The lowest BCUT2D eigenvalue weighted by molar-refractivity contribution is -0.146. The van der Waals surface area contributed by atoms with Gasteiger partial charge in [-0.3, -0.25) is 9.35 Å². The van der Waals surface area contributed by atoms with Gasteiger partial charge in [-0.15, -0.1) is 0 Å². The van der Waals surface area contributed by atoms with Crippen LogP contribution in [-0.2, 0) is 26.3 Å². The highest BCUT2D eigenvalue weighted by atomic mass is 32.2. The molecule has 0 aromatic heterocycles. The summed E-state index contributed by atoms with van der Waals surface area (Å²) in [6.45, 7) is 5.90. The van der Waals surface area contributed by atoms with Gasteiger partial charge < -0.3 is 10.5 Å². The highest BCUT2D eigenvalue weighted by Gasteiger charge is 2.17. The first-order valence-electron chi connectivity index (χ1n) is 8.67. The molecule has 3 N–H and O–H groups in total. The van der Waals surface area contributed by atoms with Gasteiger partial charge in [0.05, 0.1) is 4.90 Å². The van der Waals surface area contributed by atoms with E-state index >= 15 is 0 Å². The van der Waals surface area contributed by atoms with Gasteiger partial charge in [-0.2, -0.15) is 8.42 Å². The van der Waals surface area contributed by atoms with Crippen LogP contribution in [0, 0.1) is 12.8 Å². The number of carbonyl (C=O) groups excluding carboxylic acids is 1. The minimum absolute atomic E-state index is 0.0789. The first-order chi connectivity index (χ1) is 12.6. The molecule has 2 aromatic carbocycles. The molecule has 146 valence electrons. The Morgan fingerprint density at radius 2 is 1.89 bits per heavy atom. The number of aryl methyl sites for hydroxylation is 1. The molecule has 0 aliphatic rings. The quantitative estimate of drug-likeness (QED) is 0.554. The van der Waals surface area contributed by atoms with Crippen molar-refractivity contribution in [2.75, 3.05) is 0 Å². The van der Waals surface area contributed by atoms with Crippen LogP contribution in [0.3, 0.4) is 0 Å². The van der Waals surface area contributed by atoms with Crippen LogP contribution >= 0.6 is 0 Å². The Bertz CT molecular complexity index is 922. The third-order valence-electron chi connectivity index (χ3n) is 4.15. The van der Waals surface area contributed by atoms with Crippen LogP contribution in [0.2, 0.25) is 0 Å². The maximum atomic E-state index is 12.0. The van der Waals surface area contributed by atoms with Crippen molar-refractivity contribution in [3.63, 3.8) is 0 Å². The van der Waals surface area contributed by atoms with Gasteiger partial charge in [-0.05, 0) is 59.7 Å². The van der Waals surface area contributed by atoms with E-state index in [-0.39, 0.29) is 11.5 Å². The van der Waals surface area contributed by atoms with Crippen LogP contribution in [0.15, 0.2) is 47.4 Å². The first kappa shape index (κ1) is 21.1. The number of esters is 1. The highest BCUT2D eigenvalue weighted by Crippen LogP contribution is 2.27. The zero-order chi connectivity index (χ0) is 20.2. The number of ether oxygens (including phenoxy) is 1. The van der Waals surface area contributed by atoms with Crippen LogP contribution in [-0.4, -0.2) is 25.0 Å². The third kappa shape index (κ3) is 5.89. The van der Waals surface area contributed by atoms with Crippen molar-refractivity contribution in [3.05, 3.63) is 53.6 Å². The van der Waals surface area contributed by atoms with Crippen molar-refractivity contribution >= 4 is 16.1 Å². The van der Waals surface area contributed by atoms with Crippen LogP contribution in [0.1, 0.15) is 31.4 Å². The second-order valence-corrected chi connectivity index (χ2v) is 8.42. The molecule has 0 spiro atoms. The van der Waals surface area contributed by atoms with Gasteiger partial charge in [-0.1, -0.05) is 38.1 Å². The van der Waals surface area contributed by atoms with E-state index in [0.717, 1.165) is 16.7 Å². The molecule has 27 heavy (non-hydrogen) atoms. The second kappa shape index (κ2) is 8.65. The molecule has 0 aliphatic heterocycles. The summed E-state index contributed by atoms with van der Waals surface area (Å²) in [6, 6.07) is 11.0. The minimum atomic E-state index is -4.28. The molecule has 0 saturated carbocycles. The number of benzene rings is 2. The first-order valence-corrected chi connectivity index (χ1v) is 10.1. The molecule has 2 rings (SSSR count). The SMILES string of the molecule is Cc1ccc(S(=O)(=O)O)cc1-c1cccc(COC(=O)[C@@H](N)CC(C)C)c1. The summed E-state index contributed by atoms with van der Waals surface area (Å²) in [5.74, 6) is -0.146. The normalized spacial score (nSPS) is 12.8. The van der Waals surface area contributed by atoms with Gasteiger partial charge in [0.25, 0.3) is 10.1 Å². The smallest absolute Gasteiger partial charge is 0.323 e. The number of nitrogens with two attached hydrogens (primary N) is 1. The van der Waals surface area contributed by atoms with Gasteiger partial charge in [0.15, 0.2) is 0 Å². The van der Waals surface area contributed by atoms with Crippen LogP contribution in [0.5, 0.6) is 0 Å². The summed E-state index contributed by atoms with van der Waals surface area (Å²) in [4.78, 5) is 11.8. The summed E-state index contributed by atoms with van der Waals surface area (Å²) < 4.78 is 37.4. The average molecular weight is 391 g/mol. The predicted octanol–water partition coefficient (Wildman–Crippen LogP) is 3.33. The number of hydrogen-bond acceptors (Lipinski definition) is 5. The zero-order valence-electron chi connectivity index (χ0n) is 15.7. The van der Waals surface area contributed by atoms with Crippen molar-refractivity contribution in [3.8, 4) is 11.1 Å². The summed E-state index contributed by atoms with van der Waals surface area (Å²) in [5.41, 5.74) is 8.88. The Hall–Kier alpha value is -2.22. The summed E-state index contributed by atoms with van der Waals surface area (Å²) >= 11 is 0. The van der Waals surface area contributed by atoms with Gasteiger partial charge >= 0.3 is 5.97 Å². The molecule has 0 heterocycles. The van der Waals surface area contributed by atoms with E-state index in [4.69, 9.17) is 10.5 Å². The summed E-state index contributed by atoms with van der Waals surface area (Å²) in [7, 11) is -4.28. The molecule has 0 amide bonds. The Morgan fingerprint density at radius 3 is 2.52 bits per heavy atom. The molecule has 0 saturated heterocycles. The van der Waals surface area contributed by atoms with Crippen LogP contribution in [0.4, 0.5) is 0 Å². The molecule has 0 bridgehead atoms. The maximum absolute atomic E-state index is 12.0. The fourth-order valence-corrected chi connectivity index (χ4v) is 3.27. The molecule has 1 atom stereocenters. The average Bonchev–Trinajstić information content (AvgIpc) is 2.58. The summed E-state index contributed by atoms with van der Waals surface area (Å²) in [5, 5.41) is 0. The molecule has 0 radical (unpaired) electrons. The summed E-state index contributed by atoms with van der Waals surface area (Å²) in [6.07, 6.45) is 0.556. The van der Waals surface area contributed by atoms with E-state index in [0.29, 0.717) is 17.9 Å². The Balaban J connectivity index is 2.20. The van der Waals surface area contributed by atoms with E-state index in [1.165, 1.54) is 12.1 Å². The van der Waals surface area contributed by atoms with Gasteiger partial charge in [0.1, 0.15) is 12.6 Å². The second-order valence-electron chi connectivity index (χ2n) is 7.00. The maximum Gasteiger partial charge on any atom is 0.323 e. The number of rotatable bonds is 7. The van der Waals surface area contributed by atoms with E-state index in [2.05, 4.69) is 0 Å². The van der Waals surface area contributed by atoms with E-state index in [1.807, 2.05) is 39.0 Å². The van der Waals surface area contributed by atoms with Crippen molar-refractivity contribution in [1.29, 1.82) is 0 Å². The Morgan fingerprint density at radius 1 is 1.19 bits per heavy atom. The monoisotopic (exact) mass is 391 g/mol. The molecule has 0 aliphatic carbocycles. The molecule has 7 heteroatoms. The topological polar surface area (TPSA) is 107 Å². The van der Waals surface area contributed by atoms with Crippen molar-refractivity contribution in [1.82, 2.24) is 0 Å². The largest absolute Gasteiger partial charge is 0.460 e. The lowest BCUT2D eigenvalue weighted by atomic mass is 9.99. The Labute approximate surface area is 160 Å². The van der Waals surface area contributed by atoms with Crippen LogP contribution < -0.4 is 5.73 Å². The number of hydrogen-bond donors (Lipinski definition) is 2. The molecule has 0 unspecified atom stereocenters. The van der Waals surface area contributed by atoms with Crippen molar-refractivity contribution in [2.24, 2.45) is 11.7 Å². The van der Waals surface area contributed by atoms with Gasteiger partial charge in [0, 0.05) is 0 Å². The molecule has 2 aromatic rings. The molecule has 6 nitrogen and oxygen atoms in total. The van der Waals surface area contributed by atoms with E-state index in [9.17, 15) is 17.8 Å². The third-order valence-corrected chi connectivity index (χ3v) is 5.00. The fourth-order valence-electron chi connectivity index (χ4n) is 2.77. The van der Waals surface area contributed by atoms with Gasteiger partial charge in [0.2, 0.25) is 0 Å². The fraction of sp³-hybridized carbons (Fsp3) is 0.350. The lowest BCUT2D eigenvalue weighted by Crippen LogP contribution is -2.33.